The topological polar surface area (TPSA) is 61.2 Å². The zero-order valence-electron chi connectivity index (χ0n) is 13.1. The van der Waals surface area contributed by atoms with Crippen molar-refractivity contribution in [1.82, 2.24) is 20.1 Å². The van der Waals surface area contributed by atoms with E-state index in [4.69, 9.17) is 4.74 Å². The first kappa shape index (κ1) is 17.1. The summed E-state index contributed by atoms with van der Waals surface area (Å²) in [5, 5.41) is 7.38. The molecule has 1 aromatic heterocycles. The van der Waals surface area contributed by atoms with Crippen molar-refractivity contribution >= 4 is 0 Å². The summed E-state index contributed by atoms with van der Waals surface area (Å²) in [4.78, 5) is 3.89. The fourth-order valence-corrected chi connectivity index (χ4v) is 2.09. The van der Waals surface area contributed by atoms with Crippen molar-refractivity contribution in [2.75, 3.05) is 6.61 Å². The molecule has 0 radical (unpaired) electrons. The highest BCUT2D eigenvalue weighted by atomic mass is 19.3. The van der Waals surface area contributed by atoms with E-state index in [2.05, 4.69) is 20.1 Å². The number of hydrogen-bond donors (Lipinski definition) is 1. The summed E-state index contributed by atoms with van der Waals surface area (Å²) in [7, 11) is 0. The van der Waals surface area contributed by atoms with Gasteiger partial charge in [0.15, 0.2) is 11.5 Å². The molecule has 1 N–H and O–H groups in total. The predicted molar refractivity (Wildman–Crippen MR) is 80.6 cm³/mol. The van der Waals surface area contributed by atoms with E-state index in [-0.39, 0.29) is 11.8 Å². The molecule has 1 unspecified atom stereocenters. The second-order valence-corrected chi connectivity index (χ2v) is 4.99. The third-order valence-electron chi connectivity index (χ3n) is 3.11. The van der Waals surface area contributed by atoms with E-state index < -0.39 is 6.61 Å². The Kier molecular flexibility index (Phi) is 6.28. The van der Waals surface area contributed by atoms with Gasteiger partial charge < -0.3 is 14.8 Å². The average Bonchev–Trinajstić information content (AvgIpc) is 3.00. The molecule has 0 fully saturated rings. The summed E-state index contributed by atoms with van der Waals surface area (Å²) in [6.07, 6.45) is 3.14. The molecule has 6 nitrogen and oxygen atoms in total. The zero-order chi connectivity index (χ0) is 16.7. The van der Waals surface area contributed by atoms with Crippen molar-refractivity contribution < 1.29 is 18.3 Å². The van der Waals surface area contributed by atoms with E-state index in [1.54, 1.807) is 30.1 Å². The Hall–Kier alpha value is -2.22. The lowest BCUT2D eigenvalue weighted by atomic mass is 10.2. The number of halogens is 2. The van der Waals surface area contributed by atoms with Crippen LogP contribution in [0, 0.1) is 0 Å². The largest absolute Gasteiger partial charge is 0.490 e. The lowest BCUT2D eigenvalue weighted by Gasteiger charge is -2.16. The second kappa shape index (κ2) is 8.42. The van der Waals surface area contributed by atoms with Gasteiger partial charge in [0.2, 0.25) is 0 Å². The molecular formula is C15H20F2N4O2. The summed E-state index contributed by atoms with van der Waals surface area (Å²) in [5.74, 6) is 0.359. The van der Waals surface area contributed by atoms with Gasteiger partial charge in [0.05, 0.1) is 13.2 Å². The Bertz CT molecular complexity index is 593. The van der Waals surface area contributed by atoms with Crippen LogP contribution in [-0.2, 0) is 13.1 Å². The molecule has 1 heterocycles. The van der Waals surface area contributed by atoms with Crippen LogP contribution in [0.15, 0.2) is 30.9 Å². The highest BCUT2D eigenvalue weighted by Crippen LogP contribution is 2.29. The third kappa shape index (κ3) is 5.48. The molecule has 1 atom stereocenters. The van der Waals surface area contributed by atoms with Crippen molar-refractivity contribution in [3.63, 3.8) is 0 Å². The molecule has 2 aromatic rings. The molecule has 0 saturated heterocycles. The van der Waals surface area contributed by atoms with E-state index in [0.717, 1.165) is 5.56 Å². The minimum Gasteiger partial charge on any atom is -0.490 e. The van der Waals surface area contributed by atoms with Gasteiger partial charge in [-0.05, 0) is 31.5 Å². The zero-order valence-corrected chi connectivity index (χ0v) is 13.1. The number of aromatic nitrogens is 3. The Morgan fingerprint density at radius 2 is 2.13 bits per heavy atom. The van der Waals surface area contributed by atoms with Crippen LogP contribution < -0.4 is 14.8 Å². The molecule has 0 saturated carbocycles. The van der Waals surface area contributed by atoms with E-state index in [9.17, 15) is 8.78 Å². The minimum absolute atomic E-state index is 0.0428. The molecule has 2 rings (SSSR count). The average molecular weight is 326 g/mol. The van der Waals surface area contributed by atoms with Crippen molar-refractivity contribution in [1.29, 1.82) is 0 Å². The number of nitrogens with zero attached hydrogens (tertiary/aromatic N) is 3. The summed E-state index contributed by atoms with van der Waals surface area (Å²) in [5.41, 5.74) is 0.917. The Labute approximate surface area is 133 Å². The maximum absolute atomic E-state index is 12.4. The Balaban J connectivity index is 1.95. The van der Waals surface area contributed by atoms with Crippen LogP contribution in [0.4, 0.5) is 8.78 Å². The molecule has 0 aliphatic carbocycles. The number of ether oxygens (including phenoxy) is 2. The van der Waals surface area contributed by atoms with Gasteiger partial charge in [0, 0.05) is 12.6 Å². The summed E-state index contributed by atoms with van der Waals surface area (Å²) >= 11 is 0. The maximum atomic E-state index is 12.4. The van der Waals surface area contributed by atoms with Gasteiger partial charge in [-0.2, -0.15) is 13.9 Å². The molecule has 0 bridgehead atoms. The Morgan fingerprint density at radius 3 is 2.78 bits per heavy atom. The van der Waals surface area contributed by atoms with Gasteiger partial charge in [-0.3, -0.25) is 4.68 Å². The highest BCUT2D eigenvalue weighted by Gasteiger charge is 2.12. The van der Waals surface area contributed by atoms with E-state index >= 15 is 0 Å². The number of nitrogens with one attached hydrogen (secondary N) is 1. The van der Waals surface area contributed by atoms with Crippen LogP contribution in [0.1, 0.15) is 19.4 Å². The molecule has 126 valence electrons. The highest BCUT2D eigenvalue weighted by molar-refractivity contribution is 5.43. The molecule has 0 aliphatic rings. The van der Waals surface area contributed by atoms with Gasteiger partial charge in [-0.25, -0.2) is 4.98 Å². The summed E-state index contributed by atoms with van der Waals surface area (Å²) in [6, 6.07) is 5.10. The first-order valence-corrected chi connectivity index (χ1v) is 7.34. The van der Waals surface area contributed by atoms with Gasteiger partial charge in [0.25, 0.3) is 0 Å². The smallest absolute Gasteiger partial charge is 0.387 e. The van der Waals surface area contributed by atoms with E-state index in [1.165, 1.54) is 12.4 Å². The van der Waals surface area contributed by atoms with Crippen LogP contribution in [0.25, 0.3) is 0 Å². The molecule has 8 heteroatoms. The molecular weight excluding hydrogens is 306 g/mol. The first-order chi connectivity index (χ1) is 11.1. The molecule has 0 amide bonds. The quantitative estimate of drug-likeness (QED) is 0.767. The lowest BCUT2D eigenvalue weighted by Crippen LogP contribution is -2.30. The fourth-order valence-electron chi connectivity index (χ4n) is 2.09. The lowest BCUT2D eigenvalue weighted by molar-refractivity contribution is -0.0514. The van der Waals surface area contributed by atoms with Gasteiger partial charge in [0.1, 0.15) is 12.7 Å². The first-order valence-electron chi connectivity index (χ1n) is 7.34. The van der Waals surface area contributed by atoms with Crippen molar-refractivity contribution in [3.8, 4) is 11.5 Å². The minimum atomic E-state index is -2.87. The summed E-state index contributed by atoms with van der Waals surface area (Å²) < 4.78 is 36.3. The maximum Gasteiger partial charge on any atom is 0.387 e. The SMILES string of the molecule is CCOc1cc(CNC(C)Cn2cncn2)ccc1OC(F)F. The molecule has 1 aromatic carbocycles. The molecule has 23 heavy (non-hydrogen) atoms. The third-order valence-corrected chi connectivity index (χ3v) is 3.11. The van der Waals surface area contributed by atoms with Crippen molar-refractivity contribution in [3.05, 3.63) is 36.4 Å². The van der Waals surface area contributed by atoms with Crippen LogP contribution in [-0.4, -0.2) is 34.0 Å². The number of hydrogen-bond acceptors (Lipinski definition) is 5. The number of benzene rings is 1. The Morgan fingerprint density at radius 1 is 1.30 bits per heavy atom. The monoisotopic (exact) mass is 326 g/mol. The molecule has 0 aliphatic heterocycles. The van der Waals surface area contributed by atoms with Gasteiger partial charge in [-0.1, -0.05) is 6.07 Å². The second-order valence-electron chi connectivity index (χ2n) is 4.99. The van der Waals surface area contributed by atoms with Gasteiger partial charge >= 0.3 is 6.61 Å². The van der Waals surface area contributed by atoms with E-state index in [1.807, 2.05) is 6.92 Å². The number of alkyl halides is 2. The molecule has 0 spiro atoms. The predicted octanol–water partition coefficient (Wildman–Crippen LogP) is 2.46. The van der Waals surface area contributed by atoms with Crippen molar-refractivity contribution in [2.24, 2.45) is 0 Å². The summed E-state index contributed by atoms with van der Waals surface area (Å²) in [6.45, 7) is 2.58. The van der Waals surface area contributed by atoms with Crippen LogP contribution in [0.2, 0.25) is 0 Å². The van der Waals surface area contributed by atoms with Crippen molar-refractivity contribution in [2.45, 2.75) is 39.6 Å². The van der Waals surface area contributed by atoms with E-state index in [0.29, 0.717) is 25.4 Å². The van der Waals surface area contributed by atoms with Crippen LogP contribution >= 0.6 is 0 Å². The van der Waals surface area contributed by atoms with Gasteiger partial charge in [-0.15, -0.1) is 0 Å². The normalized spacial score (nSPS) is 12.4. The fraction of sp³-hybridized carbons (Fsp3) is 0.467. The number of rotatable bonds is 9. The standard InChI is InChI=1S/C15H20F2N4O2/c1-3-22-14-6-12(4-5-13(14)23-15(16)17)7-19-11(2)8-21-10-18-9-20-21/h4-6,9-11,15,19H,3,7-8H2,1-2H3. The van der Waals surface area contributed by atoms with Crippen LogP contribution in [0.3, 0.4) is 0 Å². The van der Waals surface area contributed by atoms with Crippen LogP contribution in [0.5, 0.6) is 11.5 Å².